The van der Waals surface area contributed by atoms with Crippen LogP contribution in [-0.4, -0.2) is 12.6 Å². The Bertz CT molecular complexity index is 429. The van der Waals surface area contributed by atoms with Crippen LogP contribution in [-0.2, 0) is 12.8 Å². The van der Waals surface area contributed by atoms with E-state index in [4.69, 9.17) is 11.6 Å². The summed E-state index contributed by atoms with van der Waals surface area (Å²) in [5.74, 6) is 1.85. The van der Waals surface area contributed by atoms with Crippen LogP contribution in [0.3, 0.4) is 0 Å². The van der Waals surface area contributed by atoms with Crippen molar-refractivity contribution < 1.29 is 0 Å². The van der Waals surface area contributed by atoms with Crippen LogP contribution in [0.1, 0.15) is 37.3 Å². The molecule has 0 spiro atoms. The van der Waals surface area contributed by atoms with Gasteiger partial charge >= 0.3 is 0 Å². The molecule has 1 aromatic carbocycles. The first-order valence-corrected chi connectivity index (χ1v) is 7.59. The summed E-state index contributed by atoms with van der Waals surface area (Å²) in [6, 6.07) is 6.98. The lowest BCUT2D eigenvalue weighted by molar-refractivity contribution is 0.428. The lowest BCUT2D eigenvalue weighted by Crippen LogP contribution is -2.33. The quantitative estimate of drug-likeness (QED) is 0.874. The van der Waals surface area contributed by atoms with Crippen LogP contribution in [0.5, 0.6) is 0 Å². The number of halogens is 1. The summed E-state index contributed by atoms with van der Waals surface area (Å²) in [6.45, 7) is 3.59. The largest absolute Gasteiger partial charge is 0.313 e. The molecule has 1 aromatic rings. The highest BCUT2D eigenvalue weighted by molar-refractivity contribution is 6.30. The molecule has 18 heavy (non-hydrogen) atoms. The summed E-state index contributed by atoms with van der Waals surface area (Å²) < 4.78 is 0. The molecule has 0 saturated heterocycles. The van der Waals surface area contributed by atoms with Gasteiger partial charge in [-0.15, -0.1) is 0 Å². The van der Waals surface area contributed by atoms with Crippen molar-refractivity contribution in [3.05, 3.63) is 34.3 Å². The molecule has 2 aliphatic carbocycles. The first-order chi connectivity index (χ1) is 8.70. The van der Waals surface area contributed by atoms with Gasteiger partial charge in [0.1, 0.15) is 0 Å². The molecule has 0 bridgehead atoms. The lowest BCUT2D eigenvalue weighted by Gasteiger charge is -2.16. The Labute approximate surface area is 115 Å². The summed E-state index contributed by atoms with van der Waals surface area (Å²) in [4.78, 5) is 0. The number of hydrogen-bond donors (Lipinski definition) is 1. The molecule has 0 amide bonds. The van der Waals surface area contributed by atoms with Crippen LogP contribution in [0.2, 0.25) is 5.02 Å². The minimum Gasteiger partial charge on any atom is -0.313 e. The molecule has 2 heteroatoms. The Morgan fingerprint density at radius 2 is 2.06 bits per heavy atom. The lowest BCUT2D eigenvalue weighted by atomic mass is 10.1. The van der Waals surface area contributed by atoms with Gasteiger partial charge in [0.05, 0.1) is 0 Å². The molecule has 3 atom stereocenters. The molecular weight excluding hydrogens is 242 g/mol. The third-order valence-corrected chi connectivity index (χ3v) is 4.83. The molecule has 1 fully saturated rings. The maximum absolute atomic E-state index is 6.05. The molecule has 1 N–H and O–H groups in total. The first-order valence-electron chi connectivity index (χ1n) is 7.21. The van der Waals surface area contributed by atoms with Crippen molar-refractivity contribution >= 4 is 11.6 Å². The SMILES string of the molecule is CC1CCC(CNC2Cc3ccc(Cl)cc3C2)C1. The summed E-state index contributed by atoms with van der Waals surface area (Å²) >= 11 is 6.05. The Morgan fingerprint density at radius 3 is 2.83 bits per heavy atom. The van der Waals surface area contributed by atoms with Crippen LogP contribution in [0.25, 0.3) is 0 Å². The molecule has 3 unspecified atom stereocenters. The summed E-state index contributed by atoms with van der Waals surface area (Å²) in [5.41, 5.74) is 2.93. The molecule has 2 aliphatic rings. The molecule has 98 valence electrons. The highest BCUT2D eigenvalue weighted by Crippen LogP contribution is 2.30. The normalized spacial score (nSPS) is 30.7. The number of rotatable bonds is 3. The second-order valence-electron chi connectivity index (χ2n) is 6.21. The minimum absolute atomic E-state index is 0.634. The summed E-state index contributed by atoms with van der Waals surface area (Å²) in [6.07, 6.45) is 6.58. The molecule has 1 nitrogen and oxygen atoms in total. The highest BCUT2D eigenvalue weighted by Gasteiger charge is 2.25. The maximum Gasteiger partial charge on any atom is 0.0408 e. The van der Waals surface area contributed by atoms with Gasteiger partial charge in [0.2, 0.25) is 0 Å². The fraction of sp³-hybridized carbons (Fsp3) is 0.625. The van der Waals surface area contributed by atoms with E-state index in [2.05, 4.69) is 24.4 Å². The standard InChI is InChI=1S/C16H22ClN/c1-11-2-3-12(6-11)10-18-16-8-13-4-5-15(17)7-14(13)9-16/h4-5,7,11-12,16,18H,2-3,6,8-10H2,1H3. The highest BCUT2D eigenvalue weighted by atomic mass is 35.5. The molecule has 0 radical (unpaired) electrons. The van der Waals surface area contributed by atoms with E-state index in [1.165, 1.54) is 43.4 Å². The molecule has 0 heterocycles. The summed E-state index contributed by atoms with van der Waals surface area (Å²) in [5, 5.41) is 4.64. The fourth-order valence-corrected chi connectivity index (χ4v) is 3.77. The third kappa shape index (κ3) is 2.73. The monoisotopic (exact) mass is 263 g/mol. The Balaban J connectivity index is 1.52. The third-order valence-electron chi connectivity index (χ3n) is 4.60. The average Bonchev–Trinajstić information content (AvgIpc) is 2.92. The fourth-order valence-electron chi connectivity index (χ4n) is 3.57. The van der Waals surface area contributed by atoms with Crippen molar-refractivity contribution in [1.29, 1.82) is 0 Å². The second-order valence-corrected chi connectivity index (χ2v) is 6.65. The van der Waals surface area contributed by atoms with Gasteiger partial charge in [0.25, 0.3) is 0 Å². The smallest absolute Gasteiger partial charge is 0.0408 e. The van der Waals surface area contributed by atoms with E-state index in [0.29, 0.717) is 6.04 Å². The number of benzene rings is 1. The van der Waals surface area contributed by atoms with Crippen molar-refractivity contribution in [3.8, 4) is 0 Å². The zero-order valence-corrected chi connectivity index (χ0v) is 11.8. The topological polar surface area (TPSA) is 12.0 Å². The van der Waals surface area contributed by atoms with E-state index >= 15 is 0 Å². The van der Waals surface area contributed by atoms with Crippen molar-refractivity contribution in [2.24, 2.45) is 11.8 Å². The van der Waals surface area contributed by atoms with Crippen LogP contribution < -0.4 is 5.32 Å². The Kier molecular flexibility index (Phi) is 3.63. The van der Waals surface area contributed by atoms with Crippen LogP contribution in [0.15, 0.2) is 18.2 Å². The van der Waals surface area contributed by atoms with Gasteiger partial charge in [0, 0.05) is 11.1 Å². The van der Waals surface area contributed by atoms with Gasteiger partial charge in [-0.3, -0.25) is 0 Å². The van der Waals surface area contributed by atoms with Crippen LogP contribution in [0, 0.1) is 11.8 Å². The zero-order chi connectivity index (χ0) is 12.5. The van der Waals surface area contributed by atoms with Crippen molar-refractivity contribution in [1.82, 2.24) is 5.32 Å². The van der Waals surface area contributed by atoms with Gasteiger partial charge in [0.15, 0.2) is 0 Å². The van der Waals surface area contributed by atoms with Gasteiger partial charge in [-0.25, -0.2) is 0 Å². The second kappa shape index (κ2) is 5.22. The number of fused-ring (bicyclic) bond motifs is 1. The zero-order valence-electron chi connectivity index (χ0n) is 11.1. The Hall–Kier alpha value is -0.530. The van der Waals surface area contributed by atoms with E-state index in [-0.39, 0.29) is 0 Å². The van der Waals surface area contributed by atoms with Gasteiger partial charge in [-0.2, -0.15) is 0 Å². The molecular formula is C16H22ClN. The van der Waals surface area contributed by atoms with Crippen molar-refractivity contribution in [3.63, 3.8) is 0 Å². The van der Waals surface area contributed by atoms with Gasteiger partial charge < -0.3 is 5.32 Å². The molecule has 3 rings (SSSR count). The van der Waals surface area contributed by atoms with E-state index in [9.17, 15) is 0 Å². The van der Waals surface area contributed by atoms with Crippen molar-refractivity contribution in [2.75, 3.05) is 6.54 Å². The predicted octanol–water partition coefficient (Wildman–Crippen LogP) is 3.83. The molecule has 1 saturated carbocycles. The molecule has 0 aliphatic heterocycles. The number of nitrogens with one attached hydrogen (secondary N) is 1. The van der Waals surface area contributed by atoms with Crippen molar-refractivity contribution in [2.45, 2.75) is 45.1 Å². The van der Waals surface area contributed by atoms with Gasteiger partial charge in [-0.05, 0) is 67.3 Å². The van der Waals surface area contributed by atoms with E-state index in [1.54, 1.807) is 0 Å². The van der Waals surface area contributed by atoms with Crippen LogP contribution >= 0.6 is 11.6 Å². The minimum atomic E-state index is 0.634. The predicted molar refractivity (Wildman–Crippen MR) is 77.2 cm³/mol. The van der Waals surface area contributed by atoms with E-state index in [0.717, 1.165) is 23.3 Å². The first kappa shape index (κ1) is 12.5. The van der Waals surface area contributed by atoms with E-state index < -0.39 is 0 Å². The van der Waals surface area contributed by atoms with E-state index in [1.807, 2.05) is 6.07 Å². The van der Waals surface area contributed by atoms with Gasteiger partial charge in [-0.1, -0.05) is 31.0 Å². The molecule has 0 aromatic heterocycles. The summed E-state index contributed by atoms with van der Waals surface area (Å²) in [7, 11) is 0. The Morgan fingerprint density at radius 1 is 1.22 bits per heavy atom. The van der Waals surface area contributed by atoms with Crippen LogP contribution in [0.4, 0.5) is 0 Å². The number of hydrogen-bond acceptors (Lipinski definition) is 1. The average molecular weight is 264 g/mol. The maximum atomic E-state index is 6.05.